The minimum Gasteiger partial charge on any atom is -0.355 e. The molecule has 2 heterocycles. The van der Waals surface area contributed by atoms with Gasteiger partial charge in [-0.1, -0.05) is 12.1 Å². The van der Waals surface area contributed by atoms with E-state index in [9.17, 15) is 4.39 Å². The first kappa shape index (κ1) is 15.5. The minimum atomic E-state index is -0.506. The second-order valence-electron chi connectivity index (χ2n) is 6.29. The molecule has 1 fully saturated rings. The van der Waals surface area contributed by atoms with Crippen molar-refractivity contribution in [1.82, 2.24) is 9.97 Å². The molecule has 0 N–H and O–H groups in total. The first-order valence-electron chi connectivity index (χ1n) is 8.46. The zero-order valence-corrected chi connectivity index (χ0v) is 13.7. The van der Waals surface area contributed by atoms with E-state index in [0.717, 1.165) is 41.1 Å². The van der Waals surface area contributed by atoms with Crippen LogP contribution < -0.4 is 4.90 Å². The second kappa shape index (κ2) is 6.48. The number of nitriles is 1. The van der Waals surface area contributed by atoms with Crippen LogP contribution in [0, 0.1) is 17.1 Å². The third-order valence-electron chi connectivity index (χ3n) is 4.63. The maximum absolute atomic E-state index is 13.9. The molecule has 4 nitrogen and oxygen atoms in total. The summed E-state index contributed by atoms with van der Waals surface area (Å²) < 4.78 is 13.9. The summed E-state index contributed by atoms with van der Waals surface area (Å²) in [6, 6.07) is 12.2. The number of aromatic nitrogens is 2. The van der Waals surface area contributed by atoms with Crippen molar-refractivity contribution >= 4 is 16.9 Å². The van der Waals surface area contributed by atoms with E-state index in [-0.39, 0.29) is 5.56 Å². The molecule has 2 aromatic carbocycles. The van der Waals surface area contributed by atoms with Crippen LogP contribution >= 0.6 is 0 Å². The second-order valence-corrected chi connectivity index (χ2v) is 6.29. The number of halogens is 1. The summed E-state index contributed by atoms with van der Waals surface area (Å²) in [7, 11) is 0. The van der Waals surface area contributed by atoms with E-state index in [4.69, 9.17) is 10.2 Å². The normalized spacial score (nSPS) is 14.5. The first-order chi connectivity index (χ1) is 12.2. The molecule has 0 amide bonds. The molecule has 1 aromatic heterocycles. The Kier molecular flexibility index (Phi) is 4.02. The molecule has 25 heavy (non-hydrogen) atoms. The minimum absolute atomic E-state index is 0.0525. The van der Waals surface area contributed by atoms with E-state index in [0.29, 0.717) is 0 Å². The Hall–Kier alpha value is -3.00. The summed E-state index contributed by atoms with van der Waals surface area (Å²) in [5.74, 6) is 0.392. The molecule has 0 atom stereocenters. The molecule has 3 aromatic rings. The van der Waals surface area contributed by atoms with Crippen molar-refractivity contribution in [2.75, 3.05) is 18.0 Å². The van der Waals surface area contributed by atoms with E-state index >= 15 is 0 Å². The molecular weight excluding hydrogens is 315 g/mol. The number of anilines is 1. The fourth-order valence-electron chi connectivity index (χ4n) is 3.24. The predicted octanol–water partition coefficient (Wildman–Crippen LogP) is 4.30. The highest BCUT2D eigenvalue weighted by Gasteiger charge is 2.13. The first-order valence-corrected chi connectivity index (χ1v) is 8.46. The lowest BCUT2D eigenvalue weighted by Gasteiger charge is -2.27. The number of nitrogens with zero attached hydrogens (tertiary/aromatic N) is 4. The van der Waals surface area contributed by atoms with Crippen LogP contribution in [0.5, 0.6) is 0 Å². The average molecular weight is 332 g/mol. The van der Waals surface area contributed by atoms with Gasteiger partial charge in [-0.05, 0) is 54.7 Å². The van der Waals surface area contributed by atoms with Crippen molar-refractivity contribution in [3.8, 4) is 17.2 Å². The molecule has 4 rings (SSSR count). The Labute approximate surface area is 145 Å². The van der Waals surface area contributed by atoms with Gasteiger partial charge in [-0.3, -0.25) is 4.98 Å². The molecule has 1 aliphatic heterocycles. The van der Waals surface area contributed by atoms with Gasteiger partial charge in [0.1, 0.15) is 17.7 Å². The van der Waals surface area contributed by atoms with Crippen molar-refractivity contribution in [2.45, 2.75) is 19.3 Å². The SMILES string of the molecule is N#Cc1ccc(-c2ccc3ncc(N4CCCCC4)nc3c2)cc1F. The molecule has 0 radical (unpaired) electrons. The van der Waals surface area contributed by atoms with Gasteiger partial charge in [0, 0.05) is 13.1 Å². The standard InChI is InChI=1S/C20H17FN4/c21-17-10-14(4-5-16(17)12-22)15-6-7-18-19(11-15)24-20(13-23-18)25-8-2-1-3-9-25/h4-7,10-11,13H,1-3,8-9H2. The molecular formula is C20H17FN4. The molecule has 0 unspecified atom stereocenters. The number of hydrogen-bond acceptors (Lipinski definition) is 4. The van der Waals surface area contributed by atoms with Gasteiger partial charge in [0.2, 0.25) is 0 Å². The Balaban J connectivity index is 1.73. The number of rotatable bonds is 2. The highest BCUT2D eigenvalue weighted by molar-refractivity contribution is 5.82. The van der Waals surface area contributed by atoms with Crippen LogP contribution in [0.15, 0.2) is 42.6 Å². The van der Waals surface area contributed by atoms with Gasteiger partial charge in [0.05, 0.1) is 22.8 Å². The summed E-state index contributed by atoms with van der Waals surface area (Å²) >= 11 is 0. The van der Waals surface area contributed by atoms with E-state index in [1.807, 2.05) is 30.5 Å². The third kappa shape index (κ3) is 3.03. The van der Waals surface area contributed by atoms with Crippen LogP contribution in [0.4, 0.5) is 10.2 Å². The number of fused-ring (bicyclic) bond motifs is 1. The quantitative estimate of drug-likeness (QED) is 0.702. The maximum atomic E-state index is 13.9. The van der Waals surface area contributed by atoms with E-state index < -0.39 is 5.82 Å². The molecule has 5 heteroatoms. The van der Waals surface area contributed by atoms with E-state index in [1.54, 1.807) is 6.07 Å². The fraction of sp³-hybridized carbons (Fsp3) is 0.250. The molecule has 0 spiro atoms. The number of hydrogen-bond donors (Lipinski definition) is 0. The van der Waals surface area contributed by atoms with Crippen LogP contribution in [0.2, 0.25) is 0 Å². The van der Waals surface area contributed by atoms with Crippen LogP contribution in [-0.2, 0) is 0 Å². The van der Waals surface area contributed by atoms with Crippen LogP contribution in [0.3, 0.4) is 0 Å². The highest BCUT2D eigenvalue weighted by Crippen LogP contribution is 2.26. The maximum Gasteiger partial charge on any atom is 0.147 e. The van der Waals surface area contributed by atoms with Gasteiger partial charge in [-0.2, -0.15) is 5.26 Å². The largest absolute Gasteiger partial charge is 0.355 e. The summed E-state index contributed by atoms with van der Waals surface area (Å²) in [5.41, 5.74) is 3.25. The topological polar surface area (TPSA) is 52.8 Å². The van der Waals surface area contributed by atoms with Crippen LogP contribution in [0.1, 0.15) is 24.8 Å². The van der Waals surface area contributed by atoms with Crippen molar-refractivity contribution < 1.29 is 4.39 Å². The Bertz CT molecular complexity index is 971. The molecule has 124 valence electrons. The molecule has 1 aliphatic rings. The highest BCUT2D eigenvalue weighted by atomic mass is 19.1. The molecule has 1 saturated heterocycles. The zero-order chi connectivity index (χ0) is 17.2. The van der Waals surface area contributed by atoms with E-state index in [1.165, 1.54) is 31.4 Å². The Morgan fingerprint density at radius 3 is 2.48 bits per heavy atom. The number of piperidine rings is 1. The van der Waals surface area contributed by atoms with Crippen molar-refractivity contribution in [2.24, 2.45) is 0 Å². The Morgan fingerprint density at radius 1 is 0.960 bits per heavy atom. The van der Waals surface area contributed by atoms with Gasteiger partial charge >= 0.3 is 0 Å². The van der Waals surface area contributed by atoms with Gasteiger partial charge in [0.25, 0.3) is 0 Å². The predicted molar refractivity (Wildman–Crippen MR) is 95.7 cm³/mol. The lowest BCUT2D eigenvalue weighted by molar-refractivity contribution is 0.573. The zero-order valence-electron chi connectivity index (χ0n) is 13.7. The van der Waals surface area contributed by atoms with Crippen molar-refractivity contribution in [3.63, 3.8) is 0 Å². The van der Waals surface area contributed by atoms with Gasteiger partial charge < -0.3 is 4.90 Å². The lowest BCUT2D eigenvalue weighted by atomic mass is 10.0. The number of benzene rings is 2. The summed E-state index contributed by atoms with van der Waals surface area (Å²) in [6.45, 7) is 2.03. The lowest BCUT2D eigenvalue weighted by Crippen LogP contribution is -2.30. The molecule has 0 bridgehead atoms. The third-order valence-corrected chi connectivity index (χ3v) is 4.63. The summed E-state index contributed by atoms with van der Waals surface area (Å²) in [5, 5.41) is 8.86. The van der Waals surface area contributed by atoms with Crippen LogP contribution in [-0.4, -0.2) is 23.1 Å². The van der Waals surface area contributed by atoms with Gasteiger partial charge in [0.15, 0.2) is 0 Å². The molecule has 0 aliphatic carbocycles. The summed E-state index contributed by atoms with van der Waals surface area (Å²) in [4.78, 5) is 11.5. The van der Waals surface area contributed by atoms with Crippen molar-refractivity contribution in [3.05, 3.63) is 54.0 Å². The Morgan fingerprint density at radius 2 is 1.72 bits per heavy atom. The molecule has 0 saturated carbocycles. The smallest absolute Gasteiger partial charge is 0.147 e. The van der Waals surface area contributed by atoms with Crippen molar-refractivity contribution in [1.29, 1.82) is 5.26 Å². The van der Waals surface area contributed by atoms with Crippen LogP contribution in [0.25, 0.3) is 22.2 Å². The van der Waals surface area contributed by atoms with E-state index in [2.05, 4.69) is 9.88 Å². The average Bonchev–Trinajstić information content (AvgIpc) is 2.67. The monoisotopic (exact) mass is 332 g/mol. The van der Waals surface area contributed by atoms with Gasteiger partial charge in [-0.25, -0.2) is 9.37 Å². The van der Waals surface area contributed by atoms with Gasteiger partial charge in [-0.15, -0.1) is 0 Å². The fourth-order valence-corrected chi connectivity index (χ4v) is 3.24. The summed E-state index contributed by atoms with van der Waals surface area (Å²) in [6.07, 6.45) is 5.47.